The highest BCUT2D eigenvalue weighted by atomic mass is 19.2. The maximum absolute atomic E-state index is 14.8. The molecular weight excluding hydrogens is 387 g/mol. The zero-order valence-corrected chi connectivity index (χ0v) is 15.2. The minimum absolute atomic E-state index is 0.0712. The maximum atomic E-state index is 14.8. The molecule has 2 aromatic carbocycles. The van der Waals surface area contributed by atoms with Crippen molar-refractivity contribution in [2.45, 2.75) is 6.92 Å². The van der Waals surface area contributed by atoms with Crippen LogP contribution >= 0.6 is 0 Å². The van der Waals surface area contributed by atoms with Crippen LogP contribution in [0.1, 0.15) is 18.1 Å². The summed E-state index contributed by atoms with van der Waals surface area (Å²) >= 11 is 0. The Kier molecular flexibility index (Phi) is 5.58. The van der Waals surface area contributed by atoms with E-state index in [-0.39, 0.29) is 34.4 Å². The molecule has 150 valence electrons. The number of amidine groups is 1. The fourth-order valence-electron chi connectivity index (χ4n) is 2.72. The molecule has 0 bridgehead atoms. The van der Waals surface area contributed by atoms with Crippen molar-refractivity contribution in [3.05, 3.63) is 65.1 Å². The van der Waals surface area contributed by atoms with Crippen LogP contribution in [0.2, 0.25) is 0 Å². The predicted molar refractivity (Wildman–Crippen MR) is 101 cm³/mol. The number of carbonyl (C=O) groups excluding carboxylic acids is 1. The Hall–Kier alpha value is -3.75. The first kappa shape index (κ1) is 20.0. The minimum atomic E-state index is -1.31. The number of aromatic amines is 1. The number of H-pyrrole nitrogens is 1. The van der Waals surface area contributed by atoms with Gasteiger partial charge in [-0.3, -0.25) is 5.41 Å². The number of esters is 1. The molecular formula is C20H16F3N3O3. The van der Waals surface area contributed by atoms with Gasteiger partial charge < -0.3 is 20.2 Å². The van der Waals surface area contributed by atoms with Crippen LogP contribution in [0.3, 0.4) is 0 Å². The molecule has 0 amide bonds. The molecule has 0 aliphatic carbocycles. The van der Waals surface area contributed by atoms with E-state index in [4.69, 9.17) is 20.6 Å². The van der Waals surface area contributed by atoms with E-state index in [2.05, 4.69) is 4.98 Å². The third kappa shape index (κ3) is 3.93. The van der Waals surface area contributed by atoms with Gasteiger partial charge in [0, 0.05) is 23.2 Å². The van der Waals surface area contributed by atoms with E-state index in [1.807, 2.05) is 0 Å². The first-order valence-electron chi connectivity index (χ1n) is 8.48. The lowest BCUT2D eigenvalue weighted by Crippen LogP contribution is -2.13. The number of ether oxygens (including phenoxy) is 2. The SMILES string of the molecule is CCOC(=O)/C=C/c1c(Oc2ccc(F)c(C(=N)N)c2)c(F)c(F)c2[nH]ccc12. The van der Waals surface area contributed by atoms with Crippen molar-refractivity contribution in [2.24, 2.45) is 5.73 Å². The van der Waals surface area contributed by atoms with Crippen molar-refractivity contribution >= 4 is 28.8 Å². The highest BCUT2D eigenvalue weighted by Crippen LogP contribution is 2.37. The number of aromatic nitrogens is 1. The molecule has 0 saturated carbocycles. The summed E-state index contributed by atoms with van der Waals surface area (Å²) in [7, 11) is 0. The second-order valence-corrected chi connectivity index (χ2v) is 5.88. The third-order valence-corrected chi connectivity index (χ3v) is 4.01. The number of nitrogen functional groups attached to an aromatic ring is 1. The number of halogens is 3. The first-order valence-corrected chi connectivity index (χ1v) is 8.48. The van der Waals surface area contributed by atoms with Gasteiger partial charge in [0.25, 0.3) is 0 Å². The standard InChI is InChI=1S/C20H16F3N3O3/c1-2-28-15(27)6-4-12-11-7-8-26-18(11)16(22)17(23)19(12)29-10-3-5-14(21)13(9-10)20(24)25/h3-9,26H,2H2,1H3,(H3,24,25)/b6-4+. The van der Waals surface area contributed by atoms with Gasteiger partial charge in [0.2, 0.25) is 5.82 Å². The van der Waals surface area contributed by atoms with Crippen molar-refractivity contribution < 1.29 is 27.4 Å². The van der Waals surface area contributed by atoms with Crippen molar-refractivity contribution in [3.63, 3.8) is 0 Å². The molecule has 0 unspecified atom stereocenters. The Morgan fingerprint density at radius 1 is 1.24 bits per heavy atom. The van der Waals surface area contributed by atoms with Gasteiger partial charge in [0.15, 0.2) is 11.6 Å². The first-order chi connectivity index (χ1) is 13.8. The predicted octanol–water partition coefficient (Wildman–Crippen LogP) is 4.24. The summed E-state index contributed by atoms with van der Waals surface area (Å²) in [5, 5.41) is 7.65. The van der Waals surface area contributed by atoms with Crippen molar-refractivity contribution in [2.75, 3.05) is 6.61 Å². The van der Waals surface area contributed by atoms with E-state index in [0.717, 1.165) is 18.2 Å². The number of fused-ring (bicyclic) bond motifs is 1. The summed E-state index contributed by atoms with van der Waals surface area (Å²) in [4.78, 5) is 14.3. The van der Waals surface area contributed by atoms with Gasteiger partial charge in [-0.15, -0.1) is 0 Å². The smallest absolute Gasteiger partial charge is 0.330 e. The van der Waals surface area contributed by atoms with Crippen LogP contribution in [0.4, 0.5) is 13.2 Å². The number of hydrogen-bond donors (Lipinski definition) is 3. The minimum Gasteiger partial charge on any atom is -0.463 e. The van der Waals surface area contributed by atoms with Gasteiger partial charge >= 0.3 is 5.97 Å². The molecule has 0 aliphatic heterocycles. The van der Waals surface area contributed by atoms with Crippen LogP contribution in [0.15, 0.2) is 36.5 Å². The summed E-state index contributed by atoms with van der Waals surface area (Å²) in [6.07, 6.45) is 3.70. The number of rotatable bonds is 6. The van der Waals surface area contributed by atoms with Crippen LogP contribution in [0, 0.1) is 22.9 Å². The lowest BCUT2D eigenvalue weighted by atomic mass is 10.1. The number of nitrogens with one attached hydrogen (secondary N) is 2. The molecule has 3 aromatic rings. The molecule has 9 heteroatoms. The molecule has 0 aliphatic rings. The van der Waals surface area contributed by atoms with Gasteiger partial charge in [0.1, 0.15) is 17.4 Å². The van der Waals surface area contributed by atoms with Crippen LogP contribution in [-0.4, -0.2) is 23.4 Å². The van der Waals surface area contributed by atoms with E-state index >= 15 is 0 Å². The van der Waals surface area contributed by atoms with E-state index in [9.17, 15) is 18.0 Å². The van der Waals surface area contributed by atoms with Gasteiger partial charge in [-0.25, -0.2) is 13.6 Å². The summed E-state index contributed by atoms with van der Waals surface area (Å²) in [5.41, 5.74) is 5.02. The Morgan fingerprint density at radius 2 is 2.00 bits per heavy atom. The molecule has 1 aromatic heterocycles. The van der Waals surface area contributed by atoms with Gasteiger partial charge in [-0.05, 0) is 37.3 Å². The molecule has 0 atom stereocenters. The van der Waals surface area contributed by atoms with E-state index < -0.39 is 35.0 Å². The Balaban J connectivity index is 2.15. The summed E-state index contributed by atoms with van der Waals surface area (Å²) < 4.78 is 53.2. The maximum Gasteiger partial charge on any atom is 0.330 e. The van der Waals surface area contributed by atoms with Crippen molar-refractivity contribution in [1.82, 2.24) is 4.98 Å². The normalized spacial score (nSPS) is 11.2. The van der Waals surface area contributed by atoms with Gasteiger partial charge in [-0.1, -0.05) is 0 Å². The molecule has 3 rings (SSSR count). The zero-order chi connectivity index (χ0) is 21.1. The second-order valence-electron chi connectivity index (χ2n) is 5.88. The Labute approximate surface area is 163 Å². The molecule has 6 nitrogen and oxygen atoms in total. The highest BCUT2D eigenvalue weighted by molar-refractivity contribution is 5.97. The lowest BCUT2D eigenvalue weighted by molar-refractivity contribution is -0.137. The van der Waals surface area contributed by atoms with E-state index in [0.29, 0.717) is 0 Å². The second kappa shape index (κ2) is 8.09. The highest BCUT2D eigenvalue weighted by Gasteiger charge is 2.22. The van der Waals surface area contributed by atoms with E-state index in [1.165, 1.54) is 24.4 Å². The van der Waals surface area contributed by atoms with Crippen LogP contribution in [0.5, 0.6) is 11.5 Å². The molecule has 0 saturated heterocycles. The Morgan fingerprint density at radius 3 is 2.69 bits per heavy atom. The van der Waals surface area contributed by atoms with Crippen LogP contribution in [-0.2, 0) is 9.53 Å². The van der Waals surface area contributed by atoms with Crippen LogP contribution < -0.4 is 10.5 Å². The zero-order valence-electron chi connectivity index (χ0n) is 15.2. The topological polar surface area (TPSA) is 101 Å². The lowest BCUT2D eigenvalue weighted by Gasteiger charge is -2.13. The summed E-state index contributed by atoms with van der Waals surface area (Å²) in [5.74, 6) is -5.07. The molecule has 0 radical (unpaired) electrons. The average molecular weight is 403 g/mol. The van der Waals surface area contributed by atoms with Gasteiger partial charge in [-0.2, -0.15) is 4.39 Å². The molecule has 1 heterocycles. The quantitative estimate of drug-likeness (QED) is 0.248. The van der Waals surface area contributed by atoms with Crippen molar-refractivity contribution in [3.8, 4) is 11.5 Å². The average Bonchev–Trinajstić information content (AvgIpc) is 3.16. The van der Waals surface area contributed by atoms with Crippen molar-refractivity contribution in [1.29, 1.82) is 5.41 Å². The number of carbonyl (C=O) groups is 1. The Bertz CT molecular complexity index is 1140. The largest absolute Gasteiger partial charge is 0.463 e. The number of benzene rings is 2. The fourth-order valence-corrected chi connectivity index (χ4v) is 2.72. The fraction of sp³-hybridized carbons (Fsp3) is 0.100. The summed E-state index contributed by atoms with van der Waals surface area (Å²) in [6.45, 7) is 1.77. The van der Waals surface area contributed by atoms with Crippen LogP contribution in [0.25, 0.3) is 17.0 Å². The molecule has 29 heavy (non-hydrogen) atoms. The molecule has 4 N–H and O–H groups in total. The summed E-state index contributed by atoms with van der Waals surface area (Å²) in [6, 6.07) is 4.75. The number of hydrogen-bond acceptors (Lipinski definition) is 4. The number of nitrogens with two attached hydrogens (primary N) is 1. The van der Waals surface area contributed by atoms with Gasteiger partial charge in [0.05, 0.1) is 17.7 Å². The molecule has 0 fully saturated rings. The third-order valence-electron chi connectivity index (χ3n) is 4.01. The van der Waals surface area contributed by atoms with E-state index in [1.54, 1.807) is 6.92 Å². The molecule has 0 spiro atoms. The monoisotopic (exact) mass is 403 g/mol.